The van der Waals surface area contributed by atoms with E-state index in [1.54, 1.807) is 24.4 Å². The summed E-state index contributed by atoms with van der Waals surface area (Å²) in [6.45, 7) is 1.76. The number of nitrogens with zero attached hydrogens (tertiary/aromatic N) is 2. The summed E-state index contributed by atoms with van der Waals surface area (Å²) in [6, 6.07) is 6.77. The van der Waals surface area contributed by atoms with E-state index in [0.29, 0.717) is 15.7 Å². The minimum absolute atomic E-state index is 0.0907. The Morgan fingerprint density at radius 3 is 2.45 bits per heavy atom. The molecule has 116 valence electrons. The van der Waals surface area contributed by atoms with Gasteiger partial charge in [0.2, 0.25) is 0 Å². The number of rotatable bonds is 3. The third kappa shape index (κ3) is 4.66. The van der Waals surface area contributed by atoms with E-state index in [2.05, 4.69) is 5.32 Å². The summed E-state index contributed by atoms with van der Waals surface area (Å²) in [7, 11) is 0. The molecule has 1 N–H and O–H groups in total. The van der Waals surface area contributed by atoms with Crippen LogP contribution >= 0.6 is 23.2 Å². The van der Waals surface area contributed by atoms with E-state index in [0.717, 1.165) is 25.9 Å². The van der Waals surface area contributed by atoms with Crippen LogP contribution in [0, 0.1) is 11.3 Å². The number of carbonyl (C=O) groups is 1. The minimum atomic E-state index is -0.440. The van der Waals surface area contributed by atoms with Crippen LogP contribution in [-0.4, -0.2) is 23.9 Å². The maximum Gasteiger partial charge on any atom is 0.267 e. The average molecular weight is 338 g/mol. The second-order valence-corrected chi connectivity index (χ2v) is 6.00. The predicted molar refractivity (Wildman–Crippen MR) is 88.8 cm³/mol. The van der Waals surface area contributed by atoms with Crippen molar-refractivity contribution in [3.05, 3.63) is 40.0 Å². The molecule has 1 heterocycles. The molecule has 1 aliphatic rings. The molecular weight excluding hydrogens is 321 g/mol. The number of hydrogen-bond acceptors (Lipinski definition) is 3. The van der Waals surface area contributed by atoms with Crippen molar-refractivity contribution in [1.82, 2.24) is 4.90 Å². The lowest BCUT2D eigenvalue weighted by molar-refractivity contribution is -0.112. The molecule has 1 aromatic rings. The van der Waals surface area contributed by atoms with Gasteiger partial charge in [0.15, 0.2) is 0 Å². The Morgan fingerprint density at radius 2 is 1.86 bits per heavy atom. The van der Waals surface area contributed by atoms with Gasteiger partial charge in [0, 0.05) is 25.0 Å². The number of hydrogen-bond donors (Lipinski definition) is 1. The fourth-order valence-corrected chi connectivity index (χ4v) is 2.62. The number of anilines is 1. The van der Waals surface area contributed by atoms with E-state index < -0.39 is 5.91 Å². The Morgan fingerprint density at radius 1 is 1.18 bits per heavy atom. The Hall–Kier alpha value is -1.70. The van der Waals surface area contributed by atoms with E-state index in [-0.39, 0.29) is 5.57 Å². The molecule has 0 aliphatic carbocycles. The first-order chi connectivity index (χ1) is 10.6. The Kier molecular flexibility index (Phi) is 6.11. The van der Waals surface area contributed by atoms with Crippen LogP contribution in [0.25, 0.3) is 0 Å². The van der Waals surface area contributed by atoms with Crippen molar-refractivity contribution < 1.29 is 4.79 Å². The van der Waals surface area contributed by atoms with E-state index in [9.17, 15) is 10.1 Å². The topological polar surface area (TPSA) is 56.1 Å². The van der Waals surface area contributed by atoms with Crippen molar-refractivity contribution in [2.75, 3.05) is 18.4 Å². The van der Waals surface area contributed by atoms with Crippen LogP contribution in [-0.2, 0) is 4.79 Å². The molecule has 0 spiro atoms. The van der Waals surface area contributed by atoms with Gasteiger partial charge in [0.1, 0.15) is 11.6 Å². The lowest BCUT2D eigenvalue weighted by atomic mass is 10.2. The highest BCUT2D eigenvalue weighted by molar-refractivity contribution is 6.42. The lowest BCUT2D eigenvalue weighted by Gasteiger charge is -2.17. The van der Waals surface area contributed by atoms with Crippen LogP contribution < -0.4 is 5.32 Å². The maximum atomic E-state index is 12.2. The number of halogens is 2. The fraction of sp³-hybridized carbons (Fsp3) is 0.375. The van der Waals surface area contributed by atoms with Crippen LogP contribution in [0.4, 0.5) is 5.69 Å². The molecule has 0 bridgehead atoms. The fourth-order valence-electron chi connectivity index (χ4n) is 2.32. The van der Waals surface area contributed by atoms with Crippen LogP contribution in [0.3, 0.4) is 0 Å². The van der Waals surface area contributed by atoms with Gasteiger partial charge < -0.3 is 10.2 Å². The maximum absolute atomic E-state index is 12.2. The second-order valence-electron chi connectivity index (χ2n) is 5.19. The largest absolute Gasteiger partial charge is 0.376 e. The smallest absolute Gasteiger partial charge is 0.267 e. The first kappa shape index (κ1) is 16.7. The van der Waals surface area contributed by atoms with Gasteiger partial charge in [-0.3, -0.25) is 4.79 Å². The first-order valence-corrected chi connectivity index (χ1v) is 7.98. The normalized spacial score (nSPS) is 15.9. The number of carbonyl (C=O) groups excluding carboxylic acids is 1. The average Bonchev–Trinajstić information content (AvgIpc) is 2.77. The van der Waals surface area contributed by atoms with Crippen molar-refractivity contribution in [2.24, 2.45) is 0 Å². The van der Waals surface area contributed by atoms with Crippen molar-refractivity contribution >= 4 is 34.8 Å². The zero-order chi connectivity index (χ0) is 15.9. The lowest BCUT2D eigenvalue weighted by Crippen LogP contribution is -2.22. The molecule has 1 amide bonds. The quantitative estimate of drug-likeness (QED) is 0.663. The Bertz CT molecular complexity index is 614. The van der Waals surface area contributed by atoms with Gasteiger partial charge in [-0.25, -0.2) is 0 Å². The summed E-state index contributed by atoms with van der Waals surface area (Å²) in [6.07, 6.45) is 6.22. The SMILES string of the molecule is N#C/C(=C/N1CCCCCC1)C(=O)Nc1ccc(Cl)c(Cl)c1. The monoisotopic (exact) mass is 337 g/mol. The molecule has 0 radical (unpaired) electrons. The minimum Gasteiger partial charge on any atom is -0.376 e. The molecule has 1 saturated heterocycles. The third-order valence-electron chi connectivity index (χ3n) is 3.49. The highest BCUT2D eigenvalue weighted by atomic mass is 35.5. The number of nitriles is 1. The van der Waals surface area contributed by atoms with Gasteiger partial charge in [0.05, 0.1) is 10.0 Å². The van der Waals surface area contributed by atoms with E-state index in [4.69, 9.17) is 23.2 Å². The van der Waals surface area contributed by atoms with Gasteiger partial charge in [-0.15, -0.1) is 0 Å². The van der Waals surface area contributed by atoms with E-state index in [1.807, 2.05) is 11.0 Å². The molecule has 6 heteroatoms. The predicted octanol–water partition coefficient (Wildman–Crippen LogP) is 4.22. The van der Waals surface area contributed by atoms with Crippen LogP contribution in [0.5, 0.6) is 0 Å². The standard InChI is InChI=1S/C16H17Cl2N3O/c17-14-6-5-13(9-15(14)18)20-16(22)12(10-19)11-21-7-3-1-2-4-8-21/h5-6,9,11H,1-4,7-8H2,(H,20,22)/b12-11-. The number of likely N-dealkylation sites (tertiary alicyclic amines) is 1. The molecule has 1 aromatic carbocycles. The summed E-state index contributed by atoms with van der Waals surface area (Å²) < 4.78 is 0. The summed E-state index contributed by atoms with van der Waals surface area (Å²) in [5, 5.41) is 12.7. The molecule has 22 heavy (non-hydrogen) atoms. The van der Waals surface area contributed by atoms with Crippen molar-refractivity contribution in [1.29, 1.82) is 5.26 Å². The molecule has 1 aliphatic heterocycles. The first-order valence-electron chi connectivity index (χ1n) is 7.22. The molecule has 0 saturated carbocycles. The van der Waals surface area contributed by atoms with Gasteiger partial charge in [-0.05, 0) is 31.0 Å². The third-order valence-corrected chi connectivity index (χ3v) is 4.23. The van der Waals surface area contributed by atoms with Gasteiger partial charge in [-0.1, -0.05) is 36.0 Å². The van der Waals surface area contributed by atoms with Crippen molar-refractivity contribution in [2.45, 2.75) is 25.7 Å². The van der Waals surface area contributed by atoms with Crippen LogP contribution in [0.2, 0.25) is 10.0 Å². The summed E-state index contributed by atoms with van der Waals surface area (Å²) >= 11 is 11.7. The summed E-state index contributed by atoms with van der Waals surface area (Å²) in [5.74, 6) is -0.440. The zero-order valence-corrected chi connectivity index (χ0v) is 13.6. The van der Waals surface area contributed by atoms with Gasteiger partial charge in [0.25, 0.3) is 5.91 Å². The van der Waals surface area contributed by atoms with Crippen LogP contribution in [0.1, 0.15) is 25.7 Å². The van der Waals surface area contributed by atoms with Crippen molar-refractivity contribution in [3.8, 4) is 6.07 Å². The van der Waals surface area contributed by atoms with Gasteiger partial charge in [-0.2, -0.15) is 5.26 Å². The molecular formula is C16H17Cl2N3O. The summed E-state index contributed by atoms with van der Waals surface area (Å²) in [5.41, 5.74) is 0.601. The second kappa shape index (κ2) is 8.07. The van der Waals surface area contributed by atoms with E-state index >= 15 is 0 Å². The number of amides is 1. The molecule has 0 aromatic heterocycles. The van der Waals surface area contributed by atoms with E-state index in [1.165, 1.54) is 12.8 Å². The summed E-state index contributed by atoms with van der Waals surface area (Å²) in [4.78, 5) is 14.2. The zero-order valence-electron chi connectivity index (χ0n) is 12.1. The Balaban J connectivity index is 2.07. The number of benzene rings is 1. The van der Waals surface area contributed by atoms with Gasteiger partial charge >= 0.3 is 0 Å². The van der Waals surface area contributed by atoms with Crippen LogP contribution in [0.15, 0.2) is 30.0 Å². The highest BCUT2D eigenvalue weighted by Crippen LogP contribution is 2.25. The molecule has 1 fully saturated rings. The molecule has 4 nitrogen and oxygen atoms in total. The number of nitrogens with one attached hydrogen (secondary N) is 1. The molecule has 2 rings (SSSR count). The molecule has 0 atom stereocenters. The Labute approximate surface area is 140 Å². The van der Waals surface area contributed by atoms with Crippen molar-refractivity contribution in [3.63, 3.8) is 0 Å². The molecule has 0 unspecified atom stereocenters. The highest BCUT2D eigenvalue weighted by Gasteiger charge is 2.13.